The minimum Gasteiger partial charge on any atom is -0.497 e. The Bertz CT molecular complexity index is 647. The molecule has 4 heteroatoms. The monoisotopic (exact) mass is 284 g/mol. The van der Waals surface area contributed by atoms with Gasteiger partial charge in [0.2, 0.25) is 0 Å². The first-order chi connectivity index (χ1) is 10.1. The first-order valence-electron chi connectivity index (χ1n) is 6.70. The number of nitrogens with zero attached hydrogens (tertiary/aromatic N) is 1. The van der Waals surface area contributed by atoms with Crippen molar-refractivity contribution in [2.24, 2.45) is 0 Å². The smallest absolute Gasteiger partial charge is 0.127 e. The lowest BCUT2D eigenvalue weighted by molar-refractivity contribution is 0.414. The second-order valence-corrected chi connectivity index (χ2v) is 4.79. The number of rotatable bonds is 5. The average molecular weight is 284 g/mol. The van der Waals surface area contributed by atoms with E-state index in [1.54, 1.807) is 13.2 Å². The van der Waals surface area contributed by atoms with Crippen molar-refractivity contribution in [1.82, 2.24) is 5.32 Å². The van der Waals surface area contributed by atoms with E-state index in [-0.39, 0.29) is 11.9 Å². The van der Waals surface area contributed by atoms with Crippen LogP contribution < -0.4 is 10.1 Å². The van der Waals surface area contributed by atoms with Crippen LogP contribution in [-0.2, 0) is 6.54 Å². The largest absolute Gasteiger partial charge is 0.497 e. The van der Waals surface area contributed by atoms with Crippen molar-refractivity contribution in [3.63, 3.8) is 0 Å². The van der Waals surface area contributed by atoms with Crippen molar-refractivity contribution < 1.29 is 9.13 Å². The molecule has 3 nitrogen and oxygen atoms in total. The van der Waals surface area contributed by atoms with Gasteiger partial charge >= 0.3 is 0 Å². The maximum Gasteiger partial charge on any atom is 0.127 e. The zero-order valence-corrected chi connectivity index (χ0v) is 12.1. The average Bonchev–Trinajstić information content (AvgIpc) is 2.54. The summed E-state index contributed by atoms with van der Waals surface area (Å²) in [6, 6.07) is 14.2. The molecule has 1 unspecified atom stereocenters. The molecule has 0 heterocycles. The van der Waals surface area contributed by atoms with Gasteiger partial charge < -0.3 is 10.1 Å². The Balaban J connectivity index is 2.03. The van der Waals surface area contributed by atoms with E-state index in [0.29, 0.717) is 17.7 Å². The Morgan fingerprint density at radius 2 is 1.95 bits per heavy atom. The van der Waals surface area contributed by atoms with Crippen LogP contribution in [0.25, 0.3) is 0 Å². The summed E-state index contributed by atoms with van der Waals surface area (Å²) in [6.45, 7) is 2.38. The van der Waals surface area contributed by atoms with Crippen LogP contribution in [0.5, 0.6) is 5.75 Å². The van der Waals surface area contributed by atoms with Gasteiger partial charge in [-0.15, -0.1) is 0 Å². The van der Waals surface area contributed by atoms with E-state index in [4.69, 9.17) is 10.00 Å². The summed E-state index contributed by atoms with van der Waals surface area (Å²) in [5.74, 6) is 0.502. The maximum absolute atomic E-state index is 13.7. The first kappa shape index (κ1) is 15.0. The normalized spacial score (nSPS) is 11.7. The lowest BCUT2D eigenvalue weighted by atomic mass is 10.1. The molecule has 0 aliphatic carbocycles. The molecule has 21 heavy (non-hydrogen) atoms. The number of nitrogens with one attached hydrogen (secondary N) is 1. The molecule has 0 aliphatic rings. The van der Waals surface area contributed by atoms with Gasteiger partial charge in [-0.1, -0.05) is 12.1 Å². The van der Waals surface area contributed by atoms with Crippen LogP contribution in [0.4, 0.5) is 4.39 Å². The topological polar surface area (TPSA) is 45.0 Å². The van der Waals surface area contributed by atoms with E-state index >= 15 is 0 Å². The minimum absolute atomic E-state index is 0.0704. The third kappa shape index (κ3) is 3.80. The van der Waals surface area contributed by atoms with Gasteiger partial charge in [0.25, 0.3) is 0 Å². The molecule has 0 bridgehead atoms. The molecule has 2 aromatic rings. The first-order valence-corrected chi connectivity index (χ1v) is 6.70. The van der Waals surface area contributed by atoms with Crippen LogP contribution in [0.15, 0.2) is 42.5 Å². The van der Waals surface area contributed by atoms with E-state index < -0.39 is 0 Å². The Hall–Kier alpha value is -2.38. The van der Waals surface area contributed by atoms with Crippen LogP contribution in [-0.4, -0.2) is 7.11 Å². The Kier molecular flexibility index (Phi) is 4.91. The molecular formula is C17H17FN2O. The summed E-state index contributed by atoms with van der Waals surface area (Å²) >= 11 is 0. The summed E-state index contributed by atoms with van der Waals surface area (Å²) in [4.78, 5) is 0. The van der Waals surface area contributed by atoms with Gasteiger partial charge in [0, 0.05) is 18.2 Å². The molecule has 0 fully saturated rings. The summed E-state index contributed by atoms with van der Waals surface area (Å²) in [5.41, 5.74) is 2.05. The highest BCUT2D eigenvalue weighted by atomic mass is 19.1. The number of nitriles is 1. The predicted molar refractivity (Wildman–Crippen MR) is 79.4 cm³/mol. The van der Waals surface area contributed by atoms with Crippen molar-refractivity contribution >= 4 is 0 Å². The van der Waals surface area contributed by atoms with Crippen LogP contribution in [0.3, 0.4) is 0 Å². The van der Waals surface area contributed by atoms with Gasteiger partial charge in [-0.25, -0.2) is 4.39 Å². The maximum atomic E-state index is 13.7. The van der Waals surface area contributed by atoms with Crippen LogP contribution >= 0.6 is 0 Å². The van der Waals surface area contributed by atoms with Crippen molar-refractivity contribution in [3.8, 4) is 11.8 Å². The zero-order chi connectivity index (χ0) is 15.2. The minimum atomic E-state index is -0.302. The van der Waals surface area contributed by atoms with E-state index in [9.17, 15) is 4.39 Å². The molecule has 108 valence electrons. The van der Waals surface area contributed by atoms with Crippen LogP contribution in [0.1, 0.15) is 29.7 Å². The van der Waals surface area contributed by atoms with Crippen LogP contribution in [0, 0.1) is 17.1 Å². The molecule has 1 N–H and O–H groups in total. The Morgan fingerprint density at radius 3 is 2.57 bits per heavy atom. The van der Waals surface area contributed by atoms with Gasteiger partial charge in [0.1, 0.15) is 11.6 Å². The molecule has 0 aromatic heterocycles. The van der Waals surface area contributed by atoms with E-state index in [2.05, 4.69) is 5.32 Å². The fourth-order valence-electron chi connectivity index (χ4n) is 2.05. The summed E-state index contributed by atoms with van der Waals surface area (Å²) in [6.07, 6.45) is 0. The second-order valence-electron chi connectivity index (χ2n) is 4.79. The molecule has 2 aromatic carbocycles. The molecule has 0 saturated carbocycles. The second kappa shape index (κ2) is 6.87. The number of ether oxygens (including phenoxy) is 1. The number of halogens is 1. The summed E-state index contributed by atoms with van der Waals surface area (Å²) < 4.78 is 18.8. The van der Waals surface area contributed by atoms with Gasteiger partial charge in [-0.3, -0.25) is 0 Å². The highest BCUT2D eigenvalue weighted by molar-refractivity contribution is 5.34. The van der Waals surface area contributed by atoms with Crippen molar-refractivity contribution in [2.75, 3.05) is 7.11 Å². The molecule has 0 aliphatic heterocycles. The predicted octanol–water partition coefficient (Wildman–Crippen LogP) is 3.56. The third-order valence-electron chi connectivity index (χ3n) is 3.39. The molecule has 0 saturated heterocycles. The van der Waals surface area contributed by atoms with Crippen molar-refractivity contribution in [2.45, 2.75) is 19.5 Å². The molecule has 0 radical (unpaired) electrons. The SMILES string of the molecule is COc1ccc(C(C)NCc2cc(C#N)ccc2F)cc1. The number of hydrogen-bond acceptors (Lipinski definition) is 3. The summed E-state index contributed by atoms with van der Waals surface area (Å²) in [5, 5.41) is 12.1. The zero-order valence-electron chi connectivity index (χ0n) is 12.1. The van der Waals surface area contributed by atoms with Gasteiger partial charge in [-0.05, 0) is 42.8 Å². The Labute approximate surface area is 124 Å². The van der Waals surface area contributed by atoms with Crippen LogP contribution in [0.2, 0.25) is 0 Å². The quantitative estimate of drug-likeness (QED) is 0.913. The highest BCUT2D eigenvalue weighted by Crippen LogP contribution is 2.18. The summed E-state index contributed by atoms with van der Waals surface area (Å²) in [7, 11) is 1.63. The number of benzene rings is 2. The van der Waals surface area contributed by atoms with Gasteiger partial charge in [-0.2, -0.15) is 5.26 Å². The molecule has 1 atom stereocenters. The van der Waals surface area contributed by atoms with E-state index in [1.165, 1.54) is 12.1 Å². The molecular weight excluding hydrogens is 267 g/mol. The molecule has 2 rings (SSSR count). The molecule has 0 amide bonds. The van der Waals surface area contributed by atoms with Gasteiger partial charge in [0.15, 0.2) is 0 Å². The third-order valence-corrected chi connectivity index (χ3v) is 3.39. The lowest BCUT2D eigenvalue weighted by Gasteiger charge is -2.15. The standard InChI is InChI=1S/C17H17FN2O/c1-12(14-4-6-16(21-2)7-5-14)20-11-15-9-13(10-19)3-8-17(15)18/h3-9,12,20H,11H2,1-2H3. The number of hydrogen-bond donors (Lipinski definition) is 1. The van der Waals surface area contributed by atoms with E-state index in [1.807, 2.05) is 37.3 Å². The lowest BCUT2D eigenvalue weighted by Crippen LogP contribution is -2.18. The van der Waals surface area contributed by atoms with Crippen molar-refractivity contribution in [3.05, 3.63) is 65.0 Å². The number of methoxy groups -OCH3 is 1. The highest BCUT2D eigenvalue weighted by Gasteiger charge is 2.08. The van der Waals surface area contributed by atoms with Gasteiger partial charge in [0.05, 0.1) is 18.7 Å². The fraction of sp³-hybridized carbons (Fsp3) is 0.235. The van der Waals surface area contributed by atoms with Crippen molar-refractivity contribution in [1.29, 1.82) is 5.26 Å². The van der Waals surface area contributed by atoms with E-state index in [0.717, 1.165) is 11.3 Å². The fourth-order valence-corrected chi connectivity index (χ4v) is 2.05. The molecule has 0 spiro atoms. The Morgan fingerprint density at radius 1 is 1.24 bits per heavy atom.